The van der Waals surface area contributed by atoms with Gasteiger partial charge in [0, 0.05) is 33.8 Å². The molecular formula is C50H38N2. The first-order valence-electron chi connectivity index (χ1n) is 18.1. The molecular weight excluding hydrogens is 629 g/mol. The van der Waals surface area contributed by atoms with Crippen molar-refractivity contribution in [3.8, 4) is 22.3 Å². The van der Waals surface area contributed by atoms with Gasteiger partial charge in [0.25, 0.3) is 0 Å². The van der Waals surface area contributed by atoms with Gasteiger partial charge in [-0.25, -0.2) is 0 Å². The first kappa shape index (κ1) is 31.3. The molecule has 0 spiro atoms. The van der Waals surface area contributed by atoms with Crippen molar-refractivity contribution in [1.29, 1.82) is 0 Å². The third-order valence-electron chi connectivity index (χ3n) is 10.1. The fourth-order valence-corrected chi connectivity index (χ4v) is 7.54. The summed E-state index contributed by atoms with van der Waals surface area (Å²) in [5, 5.41) is 2.46. The van der Waals surface area contributed by atoms with Gasteiger partial charge >= 0.3 is 0 Å². The number of fused-ring (bicyclic) bond motifs is 2. The number of para-hydroxylation sites is 2. The van der Waals surface area contributed by atoms with E-state index in [0.29, 0.717) is 0 Å². The molecule has 0 aromatic heterocycles. The summed E-state index contributed by atoms with van der Waals surface area (Å²) in [5.74, 6) is 0. The fourth-order valence-electron chi connectivity index (χ4n) is 7.54. The van der Waals surface area contributed by atoms with Crippen molar-refractivity contribution in [2.45, 2.75) is 12.8 Å². The SMILES string of the molecule is C1=Cc2cccc(N(c3ccccc3)c3ccc(-c4ccc(-c5ccc(N(c6ccccc6)c6cccc7ccccc67)cc5)cc4)cc3)c2CC1. The lowest BCUT2D eigenvalue weighted by Crippen LogP contribution is -2.13. The van der Waals surface area contributed by atoms with Crippen LogP contribution in [0.3, 0.4) is 0 Å². The first-order valence-corrected chi connectivity index (χ1v) is 18.1. The zero-order chi connectivity index (χ0) is 34.7. The van der Waals surface area contributed by atoms with Gasteiger partial charge in [-0.1, -0.05) is 146 Å². The van der Waals surface area contributed by atoms with E-state index in [1.165, 1.54) is 55.5 Å². The number of anilines is 6. The molecule has 0 aliphatic heterocycles. The fraction of sp³-hybridized carbons (Fsp3) is 0.0400. The summed E-state index contributed by atoms with van der Waals surface area (Å²) in [4.78, 5) is 4.75. The molecule has 0 unspecified atom stereocenters. The standard InChI is InChI=1S/C50H38N2/c1-3-17-43(18-4-1)51(49-23-11-15-41-13-7-9-21-47(41)49)45-33-29-39(30-34-45)37-25-27-38(28-26-37)40-31-35-46(36-32-40)52(44-19-5-2-6-20-44)50-24-12-16-42-14-8-10-22-48(42)50/h1-9,11-21,23-36H,10,22H2. The van der Waals surface area contributed by atoms with Crippen LogP contribution in [0.2, 0.25) is 0 Å². The minimum atomic E-state index is 1.05. The third kappa shape index (κ3) is 6.05. The number of hydrogen-bond acceptors (Lipinski definition) is 2. The van der Waals surface area contributed by atoms with Crippen LogP contribution >= 0.6 is 0 Å². The second kappa shape index (κ2) is 13.9. The lowest BCUT2D eigenvalue weighted by atomic mass is 9.94. The summed E-state index contributed by atoms with van der Waals surface area (Å²) >= 11 is 0. The van der Waals surface area contributed by atoms with Crippen molar-refractivity contribution in [3.05, 3.63) is 211 Å². The highest BCUT2D eigenvalue weighted by atomic mass is 15.1. The summed E-state index contributed by atoms with van der Waals surface area (Å²) in [6.45, 7) is 0. The van der Waals surface area contributed by atoms with Crippen LogP contribution in [-0.4, -0.2) is 0 Å². The van der Waals surface area contributed by atoms with Gasteiger partial charge in [0.15, 0.2) is 0 Å². The highest BCUT2D eigenvalue weighted by Gasteiger charge is 2.19. The Labute approximate surface area is 306 Å². The van der Waals surface area contributed by atoms with E-state index >= 15 is 0 Å². The van der Waals surface area contributed by atoms with Crippen LogP contribution in [-0.2, 0) is 6.42 Å². The molecule has 0 amide bonds. The molecule has 248 valence electrons. The van der Waals surface area contributed by atoms with Gasteiger partial charge in [0.05, 0.1) is 5.69 Å². The molecule has 2 heteroatoms. The van der Waals surface area contributed by atoms with Gasteiger partial charge in [-0.15, -0.1) is 0 Å². The summed E-state index contributed by atoms with van der Waals surface area (Å²) in [6.07, 6.45) is 6.66. The Morgan fingerprint density at radius 1 is 0.346 bits per heavy atom. The average Bonchev–Trinajstić information content (AvgIpc) is 3.23. The van der Waals surface area contributed by atoms with Crippen molar-refractivity contribution >= 4 is 51.0 Å². The zero-order valence-corrected chi connectivity index (χ0v) is 28.9. The summed E-state index contributed by atoms with van der Waals surface area (Å²) in [6, 6.07) is 70.0. The molecule has 0 saturated heterocycles. The van der Waals surface area contributed by atoms with Gasteiger partial charge in [0.2, 0.25) is 0 Å². The summed E-state index contributed by atoms with van der Waals surface area (Å²) < 4.78 is 0. The van der Waals surface area contributed by atoms with E-state index in [1.54, 1.807) is 0 Å². The summed E-state index contributed by atoms with van der Waals surface area (Å²) in [5.41, 5.74) is 14.5. The van der Waals surface area contributed by atoms with Crippen molar-refractivity contribution in [1.82, 2.24) is 0 Å². The molecule has 9 rings (SSSR count). The van der Waals surface area contributed by atoms with Gasteiger partial charge in [-0.2, -0.15) is 0 Å². The van der Waals surface area contributed by atoms with E-state index in [2.05, 4.69) is 216 Å². The average molecular weight is 667 g/mol. The van der Waals surface area contributed by atoms with Gasteiger partial charge < -0.3 is 9.80 Å². The Morgan fingerprint density at radius 2 is 0.788 bits per heavy atom. The Balaban J connectivity index is 0.994. The molecule has 8 aromatic rings. The van der Waals surface area contributed by atoms with Crippen LogP contribution in [0.25, 0.3) is 39.1 Å². The molecule has 2 nitrogen and oxygen atoms in total. The van der Waals surface area contributed by atoms with E-state index < -0.39 is 0 Å². The predicted molar refractivity (Wildman–Crippen MR) is 222 cm³/mol. The molecule has 0 radical (unpaired) electrons. The first-order chi connectivity index (χ1) is 25.8. The molecule has 1 aliphatic rings. The van der Waals surface area contributed by atoms with Crippen molar-refractivity contribution in [2.24, 2.45) is 0 Å². The quantitative estimate of drug-likeness (QED) is 0.159. The van der Waals surface area contributed by atoms with E-state index in [1.807, 2.05) is 0 Å². The molecule has 0 fully saturated rings. The second-order valence-electron chi connectivity index (χ2n) is 13.3. The smallest absolute Gasteiger partial charge is 0.0540 e. The van der Waals surface area contributed by atoms with Crippen molar-refractivity contribution in [2.75, 3.05) is 9.80 Å². The molecule has 0 heterocycles. The number of hydrogen-bond donors (Lipinski definition) is 0. The third-order valence-corrected chi connectivity index (χ3v) is 10.1. The van der Waals surface area contributed by atoms with E-state index in [0.717, 1.165) is 35.6 Å². The molecule has 0 bridgehead atoms. The minimum Gasteiger partial charge on any atom is -0.310 e. The highest BCUT2D eigenvalue weighted by molar-refractivity contribution is 5.99. The minimum absolute atomic E-state index is 1.05. The van der Waals surface area contributed by atoms with Gasteiger partial charge in [0.1, 0.15) is 0 Å². The molecule has 8 aromatic carbocycles. The van der Waals surface area contributed by atoms with Crippen LogP contribution in [0, 0.1) is 0 Å². The second-order valence-corrected chi connectivity index (χ2v) is 13.3. The number of rotatable bonds is 8. The maximum Gasteiger partial charge on any atom is 0.0540 e. The zero-order valence-electron chi connectivity index (χ0n) is 28.9. The van der Waals surface area contributed by atoms with Crippen molar-refractivity contribution in [3.63, 3.8) is 0 Å². The summed E-state index contributed by atoms with van der Waals surface area (Å²) in [7, 11) is 0. The largest absolute Gasteiger partial charge is 0.310 e. The van der Waals surface area contributed by atoms with Gasteiger partial charge in [-0.05, 0) is 112 Å². The van der Waals surface area contributed by atoms with Crippen LogP contribution in [0.15, 0.2) is 200 Å². The lowest BCUT2D eigenvalue weighted by molar-refractivity contribution is 0.979. The highest BCUT2D eigenvalue weighted by Crippen LogP contribution is 2.41. The van der Waals surface area contributed by atoms with E-state index in [9.17, 15) is 0 Å². The normalized spacial score (nSPS) is 12.0. The maximum absolute atomic E-state index is 2.40. The Morgan fingerprint density at radius 3 is 1.38 bits per heavy atom. The topological polar surface area (TPSA) is 6.48 Å². The monoisotopic (exact) mass is 666 g/mol. The van der Waals surface area contributed by atoms with E-state index in [-0.39, 0.29) is 0 Å². The predicted octanol–water partition coefficient (Wildman–Crippen LogP) is 14.1. The molecule has 0 N–H and O–H groups in total. The van der Waals surface area contributed by atoms with E-state index in [4.69, 9.17) is 0 Å². The molecule has 1 aliphatic carbocycles. The Kier molecular flexibility index (Phi) is 8.40. The Bertz CT molecular complexity index is 2480. The molecule has 0 saturated carbocycles. The number of nitrogens with zero attached hydrogens (tertiary/aromatic N) is 2. The number of benzene rings is 8. The molecule has 0 atom stereocenters. The van der Waals surface area contributed by atoms with Crippen LogP contribution in [0.1, 0.15) is 17.5 Å². The van der Waals surface area contributed by atoms with Gasteiger partial charge in [-0.3, -0.25) is 0 Å². The van der Waals surface area contributed by atoms with Crippen molar-refractivity contribution < 1.29 is 0 Å². The van der Waals surface area contributed by atoms with Crippen LogP contribution in [0.5, 0.6) is 0 Å². The maximum atomic E-state index is 2.40. The van der Waals surface area contributed by atoms with Crippen LogP contribution in [0.4, 0.5) is 34.1 Å². The number of allylic oxidation sites excluding steroid dienone is 1. The molecule has 52 heavy (non-hydrogen) atoms. The lowest BCUT2D eigenvalue weighted by Gasteiger charge is -2.29. The Hall–Kier alpha value is -6.64. The van der Waals surface area contributed by atoms with Crippen LogP contribution < -0.4 is 9.80 Å².